The minimum absolute atomic E-state index is 0.148. The van der Waals surface area contributed by atoms with Crippen LogP contribution in [0, 0.1) is 0 Å². The van der Waals surface area contributed by atoms with Gasteiger partial charge in [-0.05, 0) is 51.3 Å². The summed E-state index contributed by atoms with van der Waals surface area (Å²) < 4.78 is 40.1. The fourth-order valence-electron chi connectivity index (χ4n) is 3.28. The van der Waals surface area contributed by atoms with Gasteiger partial charge >= 0.3 is 12.7 Å². The molecule has 0 radical (unpaired) electrons. The maximum absolute atomic E-state index is 12.3. The van der Waals surface area contributed by atoms with E-state index >= 15 is 0 Å². The molecule has 3 heterocycles. The molecule has 7 nitrogen and oxygen atoms in total. The van der Waals surface area contributed by atoms with Gasteiger partial charge in [0, 0.05) is 43.0 Å². The largest absolute Gasteiger partial charge is 0.473 e. The zero-order chi connectivity index (χ0) is 22.4. The molecule has 1 amide bonds. The number of piperidine rings is 1. The van der Waals surface area contributed by atoms with Crippen molar-refractivity contribution in [2.24, 2.45) is 0 Å². The summed E-state index contributed by atoms with van der Waals surface area (Å²) in [4.78, 5) is 22.3. The molecule has 31 heavy (non-hydrogen) atoms. The van der Waals surface area contributed by atoms with Gasteiger partial charge in [-0.3, -0.25) is 0 Å². The molecule has 0 saturated carbocycles. The van der Waals surface area contributed by atoms with Crippen molar-refractivity contribution < 1.29 is 27.8 Å². The zero-order valence-corrected chi connectivity index (χ0v) is 17.9. The van der Waals surface area contributed by atoms with Gasteiger partial charge in [0.1, 0.15) is 12.2 Å². The Morgan fingerprint density at radius 2 is 1.94 bits per heavy atom. The van der Waals surface area contributed by atoms with E-state index in [1.807, 2.05) is 32.9 Å². The Labute approximate surface area is 180 Å². The van der Waals surface area contributed by atoms with Crippen LogP contribution in [-0.4, -0.2) is 46.3 Å². The van der Waals surface area contributed by atoms with E-state index in [1.54, 1.807) is 17.0 Å². The predicted molar refractivity (Wildman–Crippen MR) is 109 cm³/mol. The SMILES string of the molecule is CC(C)(C)OC(=O)N1CCC(c2cccc(OCc3ccnc(OC(F)F)c3)n2)CC1. The van der Waals surface area contributed by atoms with Crippen LogP contribution in [0.3, 0.4) is 0 Å². The highest BCUT2D eigenvalue weighted by atomic mass is 19.3. The number of hydrogen-bond donors (Lipinski definition) is 0. The number of halogens is 2. The smallest absolute Gasteiger partial charge is 0.410 e. The van der Waals surface area contributed by atoms with Crippen LogP contribution in [-0.2, 0) is 11.3 Å². The van der Waals surface area contributed by atoms with E-state index in [0.29, 0.717) is 24.5 Å². The van der Waals surface area contributed by atoms with Crippen LogP contribution in [0.25, 0.3) is 0 Å². The molecule has 9 heteroatoms. The molecule has 0 aliphatic carbocycles. The second-order valence-corrected chi connectivity index (χ2v) is 8.31. The number of nitrogens with zero attached hydrogens (tertiary/aromatic N) is 3. The number of alkyl halides is 2. The molecule has 1 aliphatic rings. The highest BCUT2D eigenvalue weighted by molar-refractivity contribution is 5.68. The molecule has 168 valence electrons. The third-order valence-corrected chi connectivity index (χ3v) is 4.71. The highest BCUT2D eigenvalue weighted by Gasteiger charge is 2.28. The molecule has 2 aromatic heterocycles. The van der Waals surface area contributed by atoms with Crippen molar-refractivity contribution in [2.75, 3.05) is 13.1 Å². The van der Waals surface area contributed by atoms with Crippen molar-refractivity contribution in [3.63, 3.8) is 0 Å². The summed E-state index contributed by atoms with van der Waals surface area (Å²) in [5, 5.41) is 0. The van der Waals surface area contributed by atoms with E-state index in [1.165, 1.54) is 12.3 Å². The monoisotopic (exact) mass is 435 g/mol. The number of pyridine rings is 2. The molecule has 3 rings (SSSR count). The lowest BCUT2D eigenvalue weighted by atomic mass is 9.93. The number of aromatic nitrogens is 2. The van der Waals surface area contributed by atoms with Crippen molar-refractivity contribution in [3.8, 4) is 11.8 Å². The van der Waals surface area contributed by atoms with Gasteiger partial charge in [0.15, 0.2) is 0 Å². The highest BCUT2D eigenvalue weighted by Crippen LogP contribution is 2.29. The first-order valence-electron chi connectivity index (χ1n) is 10.2. The molecule has 0 bridgehead atoms. The van der Waals surface area contributed by atoms with Gasteiger partial charge in [0.2, 0.25) is 11.8 Å². The van der Waals surface area contributed by atoms with Crippen molar-refractivity contribution >= 4 is 6.09 Å². The second kappa shape index (κ2) is 9.89. The average molecular weight is 435 g/mol. The summed E-state index contributed by atoms with van der Waals surface area (Å²) in [6.07, 6.45) is 2.67. The molecular formula is C22H27F2N3O4. The van der Waals surface area contributed by atoms with E-state index < -0.39 is 12.2 Å². The predicted octanol–water partition coefficient (Wildman–Crippen LogP) is 4.77. The Kier molecular flexibility index (Phi) is 7.25. The molecule has 0 aromatic carbocycles. The van der Waals surface area contributed by atoms with E-state index in [2.05, 4.69) is 14.7 Å². The number of ether oxygens (including phenoxy) is 3. The maximum Gasteiger partial charge on any atom is 0.410 e. The standard InChI is InChI=1S/C22H27F2N3O4/c1-22(2,3)31-21(28)27-11-8-16(9-12-27)17-5-4-6-18(26-17)29-14-15-7-10-25-19(13-15)30-20(23)24/h4-7,10,13,16,20H,8-9,11-12,14H2,1-3H3. The molecule has 1 aliphatic heterocycles. The number of rotatable bonds is 6. The molecule has 0 N–H and O–H groups in total. The number of carbonyl (C=O) groups is 1. The first kappa shape index (κ1) is 22.7. The number of amides is 1. The van der Waals surface area contributed by atoms with Gasteiger partial charge in [0.25, 0.3) is 0 Å². The van der Waals surface area contributed by atoms with E-state index in [4.69, 9.17) is 9.47 Å². The first-order chi connectivity index (χ1) is 14.7. The minimum atomic E-state index is -2.93. The lowest BCUT2D eigenvalue weighted by Gasteiger charge is -2.33. The van der Waals surface area contributed by atoms with Crippen LogP contribution in [0.4, 0.5) is 13.6 Å². The lowest BCUT2D eigenvalue weighted by Crippen LogP contribution is -2.41. The van der Waals surface area contributed by atoms with Crippen LogP contribution in [0.1, 0.15) is 50.8 Å². The summed E-state index contributed by atoms with van der Waals surface area (Å²) in [6, 6.07) is 8.63. The first-order valence-corrected chi connectivity index (χ1v) is 10.2. The third kappa shape index (κ3) is 7.04. The van der Waals surface area contributed by atoms with Crippen LogP contribution in [0.5, 0.6) is 11.8 Å². The van der Waals surface area contributed by atoms with Gasteiger partial charge < -0.3 is 19.1 Å². The Morgan fingerprint density at radius 1 is 1.19 bits per heavy atom. The topological polar surface area (TPSA) is 73.8 Å². The lowest BCUT2D eigenvalue weighted by molar-refractivity contribution is -0.0529. The zero-order valence-electron chi connectivity index (χ0n) is 17.9. The Morgan fingerprint density at radius 3 is 2.61 bits per heavy atom. The van der Waals surface area contributed by atoms with Gasteiger partial charge in [-0.15, -0.1) is 0 Å². The Bertz CT molecular complexity index is 881. The molecule has 1 saturated heterocycles. The molecule has 0 atom stereocenters. The van der Waals surface area contributed by atoms with Crippen molar-refractivity contribution in [3.05, 3.63) is 47.8 Å². The van der Waals surface area contributed by atoms with Crippen molar-refractivity contribution in [1.82, 2.24) is 14.9 Å². The number of likely N-dealkylation sites (tertiary alicyclic amines) is 1. The summed E-state index contributed by atoms with van der Waals surface area (Å²) in [7, 11) is 0. The summed E-state index contributed by atoms with van der Waals surface area (Å²) in [6.45, 7) is 3.99. The van der Waals surface area contributed by atoms with E-state index in [9.17, 15) is 13.6 Å². The third-order valence-electron chi connectivity index (χ3n) is 4.71. The molecule has 0 spiro atoms. The van der Waals surface area contributed by atoms with Gasteiger partial charge in [-0.2, -0.15) is 8.78 Å². The summed E-state index contributed by atoms with van der Waals surface area (Å²) >= 11 is 0. The molecule has 2 aromatic rings. The van der Waals surface area contributed by atoms with Crippen LogP contribution < -0.4 is 9.47 Å². The van der Waals surface area contributed by atoms with Gasteiger partial charge in [-0.25, -0.2) is 14.8 Å². The van der Waals surface area contributed by atoms with Crippen LogP contribution >= 0.6 is 0 Å². The maximum atomic E-state index is 12.3. The van der Waals surface area contributed by atoms with E-state index in [-0.39, 0.29) is 24.5 Å². The van der Waals surface area contributed by atoms with Crippen molar-refractivity contribution in [2.45, 2.75) is 58.4 Å². The fourth-order valence-corrected chi connectivity index (χ4v) is 3.28. The summed E-state index contributed by atoms with van der Waals surface area (Å²) in [5.74, 6) is 0.504. The van der Waals surface area contributed by atoms with Crippen LogP contribution in [0.2, 0.25) is 0 Å². The van der Waals surface area contributed by atoms with Crippen molar-refractivity contribution in [1.29, 1.82) is 0 Å². The number of hydrogen-bond acceptors (Lipinski definition) is 6. The Balaban J connectivity index is 1.55. The fraction of sp³-hybridized carbons (Fsp3) is 0.500. The van der Waals surface area contributed by atoms with Gasteiger partial charge in [0.05, 0.1) is 0 Å². The minimum Gasteiger partial charge on any atom is -0.473 e. The van der Waals surface area contributed by atoms with E-state index in [0.717, 1.165) is 18.5 Å². The molecule has 0 unspecified atom stereocenters. The average Bonchev–Trinajstić information content (AvgIpc) is 2.71. The molecular weight excluding hydrogens is 408 g/mol. The Hall–Kier alpha value is -2.97. The summed E-state index contributed by atoms with van der Waals surface area (Å²) in [5.41, 5.74) is 1.03. The number of carbonyl (C=O) groups excluding carboxylic acids is 1. The quantitative estimate of drug-likeness (QED) is 0.651. The molecule has 1 fully saturated rings. The normalized spacial score (nSPS) is 15.1. The van der Waals surface area contributed by atoms with Gasteiger partial charge in [-0.1, -0.05) is 6.07 Å². The second-order valence-electron chi connectivity index (χ2n) is 8.31. The van der Waals surface area contributed by atoms with Crippen LogP contribution in [0.15, 0.2) is 36.5 Å².